The van der Waals surface area contributed by atoms with Crippen molar-refractivity contribution in [2.24, 2.45) is 0 Å². The maximum Gasteiger partial charge on any atom is 0.0822 e. The van der Waals surface area contributed by atoms with E-state index in [1.54, 1.807) is 7.11 Å². The smallest absolute Gasteiger partial charge is 0.0822 e. The first-order valence-corrected chi connectivity index (χ1v) is 5.49. The zero-order chi connectivity index (χ0) is 9.78. The summed E-state index contributed by atoms with van der Waals surface area (Å²) >= 11 is 0. The van der Waals surface area contributed by atoms with Gasteiger partial charge in [0.05, 0.1) is 6.61 Å². The van der Waals surface area contributed by atoms with E-state index in [4.69, 9.17) is 4.74 Å². The van der Waals surface area contributed by atoms with Gasteiger partial charge in [-0.2, -0.15) is 0 Å². The van der Waals surface area contributed by atoms with Crippen LogP contribution in [-0.4, -0.2) is 20.3 Å². The Balaban J connectivity index is 2.76. The van der Waals surface area contributed by atoms with Crippen molar-refractivity contribution in [1.29, 1.82) is 0 Å². The highest BCUT2D eigenvalue weighted by Gasteiger charge is 1.91. The molecule has 0 aromatic heterocycles. The topological polar surface area (TPSA) is 29.1 Å². The zero-order valence-corrected chi connectivity index (χ0v) is 8.89. The van der Waals surface area contributed by atoms with Crippen LogP contribution in [0, 0.1) is 0 Å². The van der Waals surface area contributed by atoms with Crippen LogP contribution in [0.5, 0.6) is 0 Å². The van der Waals surface area contributed by atoms with Gasteiger partial charge >= 0.3 is 0 Å². The van der Waals surface area contributed by atoms with Gasteiger partial charge in [-0.15, -0.1) is 0 Å². The maximum atomic E-state index is 10.1. The number of hydrogen-bond donors (Lipinski definition) is 0. The van der Waals surface area contributed by atoms with Gasteiger partial charge in [-0.1, -0.05) is 38.5 Å². The highest BCUT2D eigenvalue weighted by atomic mass is 16.5. The minimum absolute atomic E-state index is 0.105. The molecule has 0 N–H and O–H groups in total. The van der Waals surface area contributed by atoms with Crippen LogP contribution in [0.2, 0.25) is 0 Å². The van der Waals surface area contributed by atoms with Gasteiger partial charge in [0.15, 0.2) is 0 Å². The quantitative estimate of drug-likeness (QED) is 0.483. The van der Waals surface area contributed by atoms with Gasteiger partial charge in [-0.25, -0.2) is 5.11 Å². The first-order chi connectivity index (χ1) is 6.41. The third-order valence-corrected chi connectivity index (χ3v) is 2.24. The molecule has 0 rings (SSSR count). The van der Waals surface area contributed by atoms with Gasteiger partial charge in [0, 0.05) is 13.7 Å². The molecule has 0 aromatic carbocycles. The molecule has 13 heavy (non-hydrogen) atoms. The molecule has 0 aromatic rings. The van der Waals surface area contributed by atoms with Crippen molar-refractivity contribution < 1.29 is 9.84 Å². The summed E-state index contributed by atoms with van der Waals surface area (Å²) in [6.07, 6.45) is 9.65. The SMILES string of the molecule is COCCCCCCCCCC[O]. The predicted molar refractivity (Wildman–Crippen MR) is 54.4 cm³/mol. The van der Waals surface area contributed by atoms with E-state index in [-0.39, 0.29) is 6.61 Å². The molecule has 0 fully saturated rings. The van der Waals surface area contributed by atoms with Crippen LogP contribution in [0.3, 0.4) is 0 Å². The maximum absolute atomic E-state index is 10.1. The number of methoxy groups -OCH3 is 1. The summed E-state index contributed by atoms with van der Waals surface area (Å²) in [5.74, 6) is 0. The summed E-state index contributed by atoms with van der Waals surface area (Å²) in [5.41, 5.74) is 0. The van der Waals surface area contributed by atoms with Gasteiger partial charge < -0.3 is 4.74 Å². The van der Waals surface area contributed by atoms with Gasteiger partial charge in [-0.3, -0.25) is 0 Å². The Kier molecular flexibility index (Phi) is 11.8. The van der Waals surface area contributed by atoms with Crippen molar-refractivity contribution in [1.82, 2.24) is 0 Å². The molecular weight excluding hydrogens is 164 g/mol. The molecule has 0 amide bonds. The van der Waals surface area contributed by atoms with Crippen molar-refractivity contribution in [2.75, 3.05) is 20.3 Å². The first-order valence-electron chi connectivity index (χ1n) is 5.49. The van der Waals surface area contributed by atoms with Crippen LogP contribution in [0.1, 0.15) is 51.4 Å². The molecule has 2 heteroatoms. The minimum Gasteiger partial charge on any atom is -0.385 e. The van der Waals surface area contributed by atoms with Crippen molar-refractivity contribution in [3.05, 3.63) is 0 Å². The van der Waals surface area contributed by atoms with Crippen molar-refractivity contribution in [2.45, 2.75) is 51.4 Å². The summed E-state index contributed by atoms with van der Waals surface area (Å²) in [7, 11) is 1.75. The standard InChI is InChI=1S/C11H23O2/c1-13-11-9-7-5-3-2-4-6-8-10-12/h2-11H2,1H3. The summed E-state index contributed by atoms with van der Waals surface area (Å²) in [6, 6.07) is 0. The van der Waals surface area contributed by atoms with E-state index in [1.165, 1.54) is 38.5 Å². The van der Waals surface area contributed by atoms with Crippen LogP contribution in [0.15, 0.2) is 0 Å². The molecule has 0 saturated carbocycles. The van der Waals surface area contributed by atoms with Gasteiger partial charge in [0.1, 0.15) is 0 Å². The second-order valence-electron chi connectivity index (χ2n) is 3.53. The average molecular weight is 187 g/mol. The predicted octanol–water partition coefficient (Wildman–Crippen LogP) is 3.18. The lowest BCUT2D eigenvalue weighted by Gasteiger charge is -2.00. The van der Waals surface area contributed by atoms with Crippen LogP contribution in [-0.2, 0) is 9.84 Å². The van der Waals surface area contributed by atoms with Crippen LogP contribution < -0.4 is 0 Å². The fourth-order valence-corrected chi connectivity index (χ4v) is 1.41. The number of hydrogen-bond acceptors (Lipinski definition) is 1. The average Bonchev–Trinajstić information content (AvgIpc) is 2.16. The molecule has 0 spiro atoms. The molecule has 0 heterocycles. The Hall–Kier alpha value is -0.0800. The lowest BCUT2D eigenvalue weighted by Crippen LogP contribution is -1.88. The van der Waals surface area contributed by atoms with E-state index < -0.39 is 0 Å². The molecule has 2 nitrogen and oxygen atoms in total. The fraction of sp³-hybridized carbons (Fsp3) is 1.00. The van der Waals surface area contributed by atoms with E-state index in [0.717, 1.165) is 19.4 Å². The molecule has 0 aliphatic rings. The summed E-state index contributed by atoms with van der Waals surface area (Å²) in [5, 5.41) is 10.1. The zero-order valence-electron chi connectivity index (χ0n) is 8.89. The summed E-state index contributed by atoms with van der Waals surface area (Å²) in [4.78, 5) is 0. The minimum atomic E-state index is 0.105. The van der Waals surface area contributed by atoms with Crippen molar-refractivity contribution in [3.8, 4) is 0 Å². The van der Waals surface area contributed by atoms with E-state index in [0.29, 0.717) is 0 Å². The van der Waals surface area contributed by atoms with Crippen LogP contribution in [0.4, 0.5) is 0 Å². The van der Waals surface area contributed by atoms with E-state index in [1.807, 2.05) is 0 Å². The van der Waals surface area contributed by atoms with Crippen LogP contribution >= 0.6 is 0 Å². The van der Waals surface area contributed by atoms with Crippen LogP contribution in [0.25, 0.3) is 0 Å². The van der Waals surface area contributed by atoms with Gasteiger partial charge in [0.25, 0.3) is 0 Å². The second-order valence-corrected chi connectivity index (χ2v) is 3.53. The molecule has 0 bridgehead atoms. The number of ether oxygens (including phenoxy) is 1. The summed E-state index contributed by atoms with van der Waals surface area (Å²) in [6.45, 7) is 1.00. The molecule has 79 valence electrons. The third-order valence-electron chi connectivity index (χ3n) is 2.24. The summed E-state index contributed by atoms with van der Waals surface area (Å²) < 4.78 is 4.97. The third kappa shape index (κ3) is 11.9. The van der Waals surface area contributed by atoms with E-state index in [9.17, 15) is 5.11 Å². The monoisotopic (exact) mass is 187 g/mol. The molecule has 1 radical (unpaired) electrons. The Labute approximate surface area is 82.3 Å². The Morgan fingerprint density at radius 3 is 1.69 bits per heavy atom. The Bertz CT molecular complexity index is 74.2. The lowest BCUT2D eigenvalue weighted by atomic mass is 10.1. The Morgan fingerprint density at radius 2 is 1.23 bits per heavy atom. The highest BCUT2D eigenvalue weighted by Crippen LogP contribution is 2.08. The molecule has 0 aliphatic carbocycles. The Morgan fingerprint density at radius 1 is 0.769 bits per heavy atom. The molecule has 0 atom stereocenters. The molecular formula is C11H23O2. The van der Waals surface area contributed by atoms with Gasteiger partial charge in [-0.05, 0) is 12.8 Å². The first kappa shape index (κ1) is 12.9. The van der Waals surface area contributed by atoms with E-state index in [2.05, 4.69) is 0 Å². The largest absolute Gasteiger partial charge is 0.385 e. The normalized spacial score (nSPS) is 10.6. The number of unbranched alkanes of at least 4 members (excludes halogenated alkanes) is 7. The fourth-order valence-electron chi connectivity index (χ4n) is 1.41. The highest BCUT2D eigenvalue weighted by molar-refractivity contribution is 4.46. The lowest BCUT2D eigenvalue weighted by molar-refractivity contribution is 0.185. The van der Waals surface area contributed by atoms with E-state index >= 15 is 0 Å². The second kappa shape index (κ2) is 11.9. The molecule has 0 aliphatic heterocycles. The van der Waals surface area contributed by atoms with Crippen molar-refractivity contribution in [3.63, 3.8) is 0 Å². The van der Waals surface area contributed by atoms with Gasteiger partial charge in [0.2, 0.25) is 0 Å². The number of rotatable bonds is 10. The molecule has 0 saturated heterocycles. The van der Waals surface area contributed by atoms with Crippen molar-refractivity contribution >= 4 is 0 Å². The molecule has 0 unspecified atom stereocenters.